The fraction of sp³-hybridized carbons (Fsp3) is 0.0588. The third-order valence-corrected chi connectivity index (χ3v) is 4.15. The van der Waals surface area contributed by atoms with Gasteiger partial charge >= 0.3 is 0 Å². The van der Waals surface area contributed by atoms with Crippen molar-refractivity contribution in [3.05, 3.63) is 81.6 Å². The van der Waals surface area contributed by atoms with Gasteiger partial charge in [-0.3, -0.25) is 14.5 Å². The average Bonchev–Trinajstić information content (AvgIpc) is 2.58. The second kappa shape index (κ2) is 6.31. The first-order valence-electron chi connectivity index (χ1n) is 6.77. The molecule has 0 fully saturated rings. The molecule has 5 heteroatoms. The molecule has 0 saturated heterocycles. The van der Waals surface area contributed by atoms with E-state index in [0.717, 1.165) is 5.56 Å². The molecular weight excluding hydrogens is 391 g/mol. The molecule has 1 aliphatic heterocycles. The maximum Gasteiger partial charge on any atom is 0.260 e. The number of hydrogen-bond acceptors (Lipinski definition) is 2. The molecule has 4 nitrogen and oxygen atoms in total. The molecule has 0 aliphatic carbocycles. The van der Waals surface area contributed by atoms with Gasteiger partial charge in [0, 0.05) is 11.8 Å². The van der Waals surface area contributed by atoms with Crippen LogP contribution in [0.5, 0.6) is 0 Å². The molecule has 22 heavy (non-hydrogen) atoms. The van der Waals surface area contributed by atoms with E-state index in [0.29, 0.717) is 9.14 Å². The van der Waals surface area contributed by atoms with E-state index in [1.807, 2.05) is 71.1 Å². The third kappa shape index (κ3) is 2.89. The van der Waals surface area contributed by atoms with Crippen LogP contribution in [0, 0.1) is 0 Å². The zero-order chi connectivity index (χ0) is 15.5. The lowest BCUT2D eigenvalue weighted by molar-refractivity contribution is -0.118. The summed E-state index contributed by atoms with van der Waals surface area (Å²) in [4.78, 5) is 26.3. The van der Waals surface area contributed by atoms with Gasteiger partial charge in [-0.25, -0.2) is 0 Å². The number of hydrogen-bond donors (Lipinski definition) is 1. The highest BCUT2D eigenvalue weighted by molar-refractivity contribution is 14.1. The van der Waals surface area contributed by atoms with Gasteiger partial charge in [0.05, 0.1) is 3.58 Å². The lowest BCUT2D eigenvalue weighted by Crippen LogP contribution is -2.45. The second-order valence-corrected chi connectivity index (χ2v) is 6.00. The van der Waals surface area contributed by atoms with Crippen LogP contribution in [0.3, 0.4) is 0 Å². The Hall–Kier alpha value is -2.15. The summed E-state index contributed by atoms with van der Waals surface area (Å²) in [5.41, 5.74) is 1.44. The molecule has 1 aliphatic rings. The van der Waals surface area contributed by atoms with Crippen LogP contribution in [0.2, 0.25) is 0 Å². The van der Waals surface area contributed by atoms with Crippen molar-refractivity contribution < 1.29 is 9.59 Å². The monoisotopic (exact) mass is 404 g/mol. The molecule has 2 amide bonds. The molecule has 0 aromatic heterocycles. The summed E-state index contributed by atoms with van der Waals surface area (Å²) >= 11 is 1.94. The standard InChI is InChI=1S/C17H13IN2O2/c18-14-11-20(17(22)13-9-5-2-6-10-13)15(19-16(14)21)12-7-3-1-4-8-12/h1-11,15H,(H,19,21)/t15-/m0/s1. The van der Waals surface area contributed by atoms with E-state index in [1.165, 1.54) is 0 Å². The fourth-order valence-electron chi connectivity index (χ4n) is 2.30. The van der Waals surface area contributed by atoms with E-state index in [-0.39, 0.29) is 11.8 Å². The Labute approximate surface area is 142 Å². The molecule has 3 rings (SSSR count). The Balaban J connectivity index is 2.01. The molecule has 0 bridgehead atoms. The summed E-state index contributed by atoms with van der Waals surface area (Å²) < 4.78 is 0.481. The Bertz CT molecular complexity index is 729. The molecule has 1 atom stereocenters. The lowest BCUT2D eigenvalue weighted by atomic mass is 10.1. The summed E-state index contributed by atoms with van der Waals surface area (Å²) in [6.07, 6.45) is 1.10. The fourth-order valence-corrected chi connectivity index (χ4v) is 2.76. The number of benzene rings is 2. The molecule has 1 N–H and O–H groups in total. The van der Waals surface area contributed by atoms with Gasteiger partial charge in [0.25, 0.3) is 11.8 Å². The van der Waals surface area contributed by atoms with Crippen LogP contribution in [0.15, 0.2) is 70.4 Å². The van der Waals surface area contributed by atoms with Crippen molar-refractivity contribution in [1.82, 2.24) is 10.2 Å². The van der Waals surface area contributed by atoms with Gasteiger partial charge in [-0.05, 0) is 40.3 Å². The Kier molecular flexibility index (Phi) is 4.24. The predicted octanol–water partition coefficient (Wildman–Crippen LogP) is 3.23. The van der Waals surface area contributed by atoms with E-state index in [1.54, 1.807) is 23.2 Å². The average molecular weight is 404 g/mol. The minimum absolute atomic E-state index is 0.149. The van der Waals surface area contributed by atoms with Crippen molar-refractivity contribution in [2.75, 3.05) is 0 Å². The summed E-state index contributed by atoms with van der Waals surface area (Å²) in [5, 5.41) is 2.87. The van der Waals surface area contributed by atoms with Crippen LogP contribution in [0.4, 0.5) is 0 Å². The molecular formula is C17H13IN2O2. The molecule has 1 heterocycles. The normalized spacial score (nSPS) is 17.7. The molecule has 0 spiro atoms. The van der Waals surface area contributed by atoms with Gasteiger partial charge in [-0.2, -0.15) is 0 Å². The van der Waals surface area contributed by atoms with Gasteiger partial charge in [0.1, 0.15) is 6.17 Å². The largest absolute Gasteiger partial charge is 0.327 e. The minimum atomic E-state index is -0.500. The van der Waals surface area contributed by atoms with E-state index in [4.69, 9.17) is 0 Å². The molecule has 2 aromatic carbocycles. The first-order valence-corrected chi connectivity index (χ1v) is 7.85. The van der Waals surface area contributed by atoms with Crippen molar-refractivity contribution in [2.24, 2.45) is 0 Å². The highest BCUT2D eigenvalue weighted by Gasteiger charge is 2.31. The van der Waals surface area contributed by atoms with Crippen LogP contribution in [-0.4, -0.2) is 16.7 Å². The van der Waals surface area contributed by atoms with Crippen LogP contribution < -0.4 is 5.32 Å². The number of rotatable bonds is 2. The first-order chi connectivity index (χ1) is 10.7. The number of carbonyl (C=O) groups is 2. The van der Waals surface area contributed by atoms with Crippen LogP contribution >= 0.6 is 22.6 Å². The van der Waals surface area contributed by atoms with Crippen LogP contribution in [0.25, 0.3) is 0 Å². The van der Waals surface area contributed by atoms with Crippen molar-refractivity contribution in [3.63, 3.8) is 0 Å². The number of halogens is 1. The van der Waals surface area contributed by atoms with Gasteiger partial charge in [0.2, 0.25) is 0 Å². The first kappa shape index (κ1) is 14.8. The SMILES string of the molecule is O=C1N[C@H](c2ccccc2)N(C(=O)c2ccccc2)C=C1I. The zero-order valence-corrected chi connectivity index (χ0v) is 13.7. The molecule has 0 radical (unpaired) electrons. The van der Waals surface area contributed by atoms with Gasteiger partial charge in [-0.1, -0.05) is 48.5 Å². The van der Waals surface area contributed by atoms with E-state index in [2.05, 4.69) is 5.32 Å². The number of nitrogens with zero attached hydrogens (tertiary/aromatic N) is 1. The van der Waals surface area contributed by atoms with Crippen molar-refractivity contribution in [2.45, 2.75) is 6.17 Å². The van der Waals surface area contributed by atoms with E-state index < -0.39 is 6.17 Å². The Morgan fingerprint density at radius 1 is 1.00 bits per heavy atom. The number of amides is 2. The maximum absolute atomic E-state index is 12.8. The summed E-state index contributed by atoms with van der Waals surface area (Å²) in [5.74, 6) is -0.324. The van der Waals surface area contributed by atoms with Crippen LogP contribution in [-0.2, 0) is 4.79 Å². The highest BCUT2D eigenvalue weighted by Crippen LogP contribution is 2.27. The lowest BCUT2D eigenvalue weighted by Gasteiger charge is -2.33. The zero-order valence-electron chi connectivity index (χ0n) is 11.6. The second-order valence-electron chi connectivity index (χ2n) is 4.84. The van der Waals surface area contributed by atoms with Crippen molar-refractivity contribution in [3.8, 4) is 0 Å². The Morgan fingerprint density at radius 2 is 1.59 bits per heavy atom. The molecule has 0 unspecified atom stereocenters. The number of nitrogens with one attached hydrogen (secondary N) is 1. The van der Waals surface area contributed by atoms with Crippen molar-refractivity contribution >= 4 is 34.4 Å². The topological polar surface area (TPSA) is 49.4 Å². The highest BCUT2D eigenvalue weighted by atomic mass is 127. The predicted molar refractivity (Wildman–Crippen MR) is 92.0 cm³/mol. The van der Waals surface area contributed by atoms with Crippen molar-refractivity contribution in [1.29, 1.82) is 0 Å². The summed E-state index contributed by atoms with van der Waals surface area (Å²) in [6, 6.07) is 18.5. The Morgan fingerprint density at radius 3 is 2.23 bits per heavy atom. The molecule has 2 aromatic rings. The molecule has 110 valence electrons. The quantitative estimate of drug-likeness (QED) is 0.782. The minimum Gasteiger partial charge on any atom is -0.327 e. The summed E-state index contributed by atoms with van der Waals surface area (Å²) in [6.45, 7) is 0. The smallest absolute Gasteiger partial charge is 0.260 e. The van der Waals surface area contributed by atoms with E-state index in [9.17, 15) is 9.59 Å². The van der Waals surface area contributed by atoms with E-state index >= 15 is 0 Å². The van der Waals surface area contributed by atoms with Gasteiger partial charge in [0.15, 0.2) is 0 Å². The van der Waals surface area contributed by atoms with Crippen LogP contribution in [0.1, 0.15) is 22.1 Å². The van der Waals surface area contributed by atoms with Gasteiger partial charge < -0.3 is 5.32 Å². The number of carbonyl (C=O) groups excluding carboxylic acids is 2. The third-order valence-electron chi connectivity index (χ3n) is 3.39. The van der Waals surface area contributed by atoms with Gasteiger partial charge in [-0.15, -0.1) is 0 Å². The summed E-state index contributed by atoms with van der Waals surface area (Å²) in [7, 11) is 0. The molecule has 0 saturated carbocycles. The maximum atomic E-state index is 12.8.